The molecule has 0 aliphatic heterocycles. The van der Waals surface area contributed by atoms with Crippen LogP contribution in [0.25, 0.3) is 0 Å². The first kappa shape index (κ1) is 9.68. The van der Waals surface area contributed by atoms with E-state index >= 15 is 0 Å². The lowest BCUT2D eigenvalue weighted by Crippen LogP contribution is -2.18. The van der Waals surface area contributed by atoms with Crippen LogP contribution in [0.4, 0.5) is 0 Å². The number of carbonyl (C=O) groups excluding carboxylic acids is 2. The highest BCUT2D eigenvalue weighted by Crippen LogP contribution is 1.96. The second-order valence-corrected chi connectivity index (χ2v) is 1.68. The fourth-order valence-electron chi connectivity index (χ4n) is 0.446. The summed E-state index contributed by atoms with van der Waals surface area (Å²) in [6.45, 7) is 5.24. The van der Waals surface area contributed by atoms with Crippen molar-refractivity contribution in [3.8, 4) is 0 Å². The fraction of sp³-hybridized carbons (Fsp3) is 0.429. The summed E-state index contributed by atoms with van der Waals surface area (Å²) in [4.78, 5) is 21.3. The van der Waals surface area contributed by atoms with Crippen molar-refractivity contribution in [3.05, 3.63) is 12.3 Å². The Hall–Kier alpha value is -1.32. The Bertz CT molecular complexity index is 183. The monoisotopic (exact) mass is 158 g/mol. The zero-order valence-corrected chi connectivity index (χ0v) is 6.55. The molecule has 62 valence electrons. The smallest absolute Gasteiger partial charge is 0.382 e. The van der Waals surface area contributed by atoms with Crippen LogP contribution in [0.15, 0.2) is 12.3 Å². The predicted molar refractivity (Wildman–Crippen MR) is 37.8 cm³/mol. The lowest BCUT2D eigenvalue weighted by molar-refractivity contribution is -0.151. The Morgan fingerprint density at radius 2 is 2.00 bits per heavy atom. The number of hydrogen-bond acceptors (Lipinski definition) is 4. The topological polar surface area (TPSA) is 52.6 Å². The largest absolute Gasteiger partial charge is 0.490 e. The van der Waals surface area contributed by atoms with Crippen LogP contribution in [-0.2, 0) is 19.1 Å². The second kappa shape index (κ2) is 4.49. The number of carbonyl (C=O) groups is 2. The summed E-state index contributed by atoms with van der Waals surface area (Å²) in [5.41, 5.74) is 0. The highest BCUT2D eigenvalue weighted by Gasteiger charge is 2.18. The SMILES string of the molecule is C=C(OCC)C(=O)C(=O)OC. The quantitative estimate of drug-likeness (QED) is 0.255. The first-order valence-corrected chi connectivity index (χ1v) is 3.07. The Kier molecular flexibility index (Phi) is 3.95. The molecule has 11 heavy (non-hydrogen) atoms. The minimum absolute atomic E-state index is 0.181. The molecule has 0 heterocycles. The number of esters is 1. The molecular weight excluding hydrogens is 148 g/mol. The van der Waals surface area contributed by atoms with Gasteiger partial charge in [0.1, 0.15) is 0 Å². The van der Waals surface area contributed by atoms with E-state index in [1.807, 2.05) is 0 Å². The van der Waals surface area contributed by atoms with Gasteiger partial charge in [-0.25, -0.2) is 4.79 Å². The highest BCUT2D eigenvalue weighted by molar-refractivity contribution is 6.39. The Labute approximate surface area is 64.8 Å². The molecule has 0 N–H and O–H groups in total. The molecule has 0 aliphatic rings. The van der Waals surface area contributed by atoms with Gasteiger partial charge in [0.05, 0.1) is 13.7 Å². The van der Waals surface area contributed by atoms with Crippen molar-refractivity contribution in [2.24, 2.45) is 0 Å². The van der Waals surface area contributed by atoms with E-state index in [1.165, 1.54) is 0 Å². The summed E-state index contributed by atoms with van der Waals surface area (Å²) in [7, 11) is 1.12. The molecule has 4 heteroatoms. The van der Waals surface area contributed by atoms with Gasteiger partial charge in [0.15, 0.2) is 5.76 Å². The molecular formula is C7H10O4. The van der Waals surface area contributed by atoms with Gasteiger partial charge in [-0.05, 0) is 6.92 Å². The first-order valence-electron chi connectivity index (χ1n) is 3.07. The van der Waals surface area contributed by atoms with Crippen LogP contribution in [0.1, 0.15) is 6.92 Å². The number of ether oxygens (including phenoxy) is 2. The van der Waals surface area contributed by atoms with E-state index in [0.717, 1.165) is 7.11 Å². The number of rotatable bonds is 4. The maximum Gasteiger partial charge on any atom is 0.382 e. The van der Waals surface area contributed by atoms with Gasteiger partial charge in [-0.2, -0.15) is 0 Å². The minimum atomic E-state index is -0.955. The number of hydrogen-bond donors (Lipinski definition) is 0. The third kappa shape index (κ3) is 2.84. The van der Waals surface area contributed by atoms with Crippen LogP contribution in [0, 0.1) is 0 Å². The van der Waals surface area contributed by atoms with Crippen LogP contribution >= 0.6 is 0 Å². The van der Waals surface area contributed by atoms with Crippen molar-refractivity contribution in [2.75, 3.05) is 13.7 Å². The molecule has 0 fully saturated rings. The normalized spacial score (nSPS) is 8.55. The Balaban J connectivity index is 4.03. The standard InChI is InChI=1S/C7H10O4/c1-4-11-5(2)6(8)7(9)10-3/h2,4H2,1,3H3. The number of ketones is 1. The zero-order valence-electron chi connectivity index (χ0n) is 6.55. The first-order chi connectivity index (χ1) is 5.13. The average molecular weight is 158 g/mol. The molecule has 0 aromatic heterocycles. The molecule has 0 saturated heterocycles. The molecule has 0 saturated carbocycles. The molecule has 0 amide bonds. The summed E-state index contributed by atoms with van der Waals surface area (Å²) in [5.74, 6) is -1.97. The van der Waals surface area contributed by atoms with E-state index in [-0.39, 0.29) is 5.76 Å². The van der Waals surface area contributed by atoms with E-state index in [9.17, 15) is 9.59 Å². The van der Waals surface area contributed by atoms with Crippen LogP contribution in [0.5, 0.6) is 0 Å². The molecule has 0 atom stereocenters. The van der Waals surface area contributed by atoms with Gasteiger partial charge in [0.2, 0.25) is 0 Å². The van der Waals surface area contributed by atoms with Gasteiger partial charge in [-0.3, -0.25) is 4.79 Å². The van der Waals surface area contributed by atoms with Crippen molar-refractivity contribution < 1.29 is 19.1 Å². The number of Topliss-reactive ketones (excluding diaryl/α,β-unsaturated/α-hetero) is 1. The Morgan fingerprint density at radius 3 is 2.36 bits per heavy atom. The molecule has 0 aromatic rings. The molecule has 4 nitrogen and oxygen atoms in total. The zero-order chi connectivity index (χ0) is 8.85. The average Bonchev–Trinajstić information content (AvgIpc) is 2.02. The fourth-order valence-corrected chi connectivity index (χ4v) is 0.446. The summed E-state index contributed by atoms with van der Waals surface area (Å²) < 4.78 is 8.83. The van der Waals surface area contributed by atoms with Gasteiger partial charge in [-0.1, -0.05) is 6.58 Å². The summed E-state index contributed by atoms with van der Waals surface area (Å²) >= 11 is 0. The molecule has 0 spiro atoms. The van der Waals surface area contributed by atoms with Crippen molar-refractivity contribution in [1.82, 2.24) is 0 Å². The van der Waals surface area contributed by atoms with Gasteiger partial charge in [0.25, 0.3) is 0 Å². The van der Waals surface area contributed by atoms with E-state index < -0.39 is 11.8 Å². The maximum atomic E-state index is 10.8. The molecule has 0 aromatic carbocycles. The Morgan fingerprint density at radius 1 is 1.45 bits per heavy atom. The van der Waals surface area contributed by atoms with Crippen LogP contribution in [0.3, 0.4) is 0 Å². The van der Waals surface area contributed by atoms with Crippen LogP contribution in [0.2, 0.25) is 0 Å². The van der Waals surface area contributed by atoms with Crippen molar-refractivity contribution in [1.29, 1.82) is 0 Å². The lowest BCUT2D eigenvalue weighted by Gasteiger charge is -2.02. The maximum absolute atomic E-state index is 10.8. The van der Waals surface area contributed by atoms with Gasteiger partial charge < -0.3 is 9.47 Å². The summed E-state index contributed by atoms with van der Waals surface area (Å²) in [5, 5.41) is 0. The van der Waals surface area contributed by atoms with Crippen LogP contribution < -0.4 is 0 Å². The van der Waals surface area contributed by atoms with E-state index in [4.69, 9.17) is 0 Å². The summed E-state index contributed by atoms with van der Waals surface area (Å²) in [6.07, 6.45) is 0. The van der Waals surface area contributed by atoms with Gasteiger partial charge >= 0.3 is 11.8 Å². The van der Waals surface area contributed by atoms with E-state index in [1.54, 1.807) is 6.92 Å². The van der Waals surface area contributed by atoms with Crippen molar-refractivity contribution in [2.45, 2.75) is 6.92 Å². The van der Waals surface area contributed by atoms with Gasteiger partial charge in [0, 0.05) is 0 Å². The number of methoxy groups -OCH3 is 1. The van der Waals surface area contributed by atoms with Crippen molar-refractivity contribution in [3.63, 3.8) is 0 Å². The second-order valence-electron chi connectivity index (χ2n) is 1.68. The van der Waals surface area contributed by atoms with E-state index in [2.05, 4.69) is 16.1 Å². The third-order valence-electron chi connectivity index (χ3n) is 0.943. The lowest BCUT2D eigenvalue weighted by atomic mass is 10.3. The molecule has 0 unspecified atom stereocenters. The van der Waals surface area contributed by atoms with Crippen LogP contribution in [-0.4, -0.2) is 25.5 Å². The highest BCUT2D eigenvalue weighted by atomic mass is 16.5. The minimum Gasteiger partial charge on any atom is -0.490 e. The molecule has 0 bridgehead atoms. The predicted octanol–water partition coefficient (Wildman–Crippen LogP) is 0.279. The molecule has 0 aliphatic carbocycles. The third-order valence-corrected chi connectivity index (χ3v) is 0.943. The molecule has 0 radical (unpaired) electrons. The van der Waals surface area contributed by atoms with Crippen molar-refractivity contribution >= 4 is 11.8 Å². The van der Waals surface area contributed by atoms with E-state index in [0.29, 0.717) is 6.61 Å². The summed E-state index contributed by atoms with van der Waals surface area (Å²) in [6, 6.07) is 0. The molecule has 0 rings (SSSR count). The van der Waals surface area contributed by atoms with Gasteiger partial charge in [-0.15, -0.1) is 0 Å².